The van der Waals surface area contributed by atoms with Gasteiger partial charge < -0.3 is 15.0 Å². The van der Waals surface area contributed by atoms with Gasteiger partial charge in [-0.3, -0.25) is 9.59 Å². The standard InChI is InChI=1S/C18H26N2O3/c1-3-12-23-16-6-4-15(5-7-16)17(21)8-9-18(22)20-11-10-19-13-14(20)2/h4-7,14,19H,3,8-13H2,1-2H3. The van der Waals surface area contributed by atoms with Gasteiger partial charge in [0.05, 0.1) is 6.61 Å². The number of carbonyl (C=O) groups excluding carboxylic acids is 2. The predicted octanol–water partition coefficient (Wildman–Crippen LogP) is 2.26. The van der Waals surface area contributed by atoms with Crippen molar-refractivity contribution in [1.82, 2.24) is 10.2 Å². The summed E-state index contributed by atoms with van der Waals surface area (Å²) in [7, 11) is 0. The minimum Gasteiger partial charge on any atom is -0.494 e. The van der Waals surface area contributed by atoms with Gasteiger partial charge in [0.25, 0.3) is 0 Å². The molecule has 1 N–H and O–H groups in total. The first kappa shape index (κ1) is 17.5. The van der Waals surface area contributed by atoms with E-state index in [1.54, 1.807) is 12.1 Å². The van der Waals surface area contributed by atoms with Crippen molar-refractivity contribution in [3.05, 3.63) is 29.8 Å². The van der Waals surface area contributed by atoms with Gasteiger partial charge in [0.15, 0.2) is 5.78 Å². The first-order valence-corrected chi connectivity index (χ1v) is 8.38. The average Bonchev–Trinajstić information content (AvgIpc) is 2.58. The van der Waals surface area contributed by atoms with E-state index >= 15 is 0 Å². The van der Waals surface area contributed by atoms with E-state index in [2.05, 4.69) is 5.32 Å². The number of nitrogens with zero attached hydrogens (tertiary/aromatic N) is 1. The van der Waals surface area contributed by atoms with Crippen molar-refractivity contribution in [2.45, 2.75) is 39.2 Å². The second-order valence-corrected chi connectivity index (χ2v) is 5.94. The Kier molecular flexibility index (Phi) is 6.59. The number of ketones is 1. The number of piperazine rings is 1. The first-order chi connectivity index (χ1) is 11.1. The maximum absolute atomic E-state index is 12.2. The van der Waals surface area contributed by atoms with Gasteiger partial charge in [0.1, 0.15) is 5.75 Å². The summed E-state index contributed by atoms with van der Waals surface area (Å²) in [6, 6.07) is 7.35. The zero-order valence-electron chi connectivity index (χ0n) is 14.0. The van der Waals surface area contributed by atoms with Gasteiger partial charge in [-0.25, -0.2) is 0 Å². The first-order valence-electron chi connectivity index (χ1n) is 8.38. The Labute approximate surface area is 138 Å². The number of rotatable bonds is 7. The molecule has 0 aromatic heterocycles. The molecule has 1 aromatic carbocycles. The molecule has 0 aliphatic carbocycles. The van der Waals surface area contributed by atoms with Crippen LogP contribution in [0.4, 0.5) is 0 Å². The highest BCUT2D eigenvalue weighted by atomic mass is 16.5. The maximum atomic E-state index is 12.2. The molecule has 1 atom stereocenters. The number of hydrogen-bond acceptors (Lipinski definition) is 4. The molecule has 126 valence electrons. The summed E-state index contributed by atoms with van der Waals surface area (Å²) in [5, 5.41) is 3.26. The number of nitrogens with one attached hydrogen (secondary N) is 1. The zero-order chi connectivity index (χ0) is 16.7. The largest absolute Gasteiger partial charge is 0.494 e. The van der Waals surface area contributed by atoms with Crippen LogP contribution in [0, 0.1) is 0 Å². The van der Waals surface area contributed by atoms with Crippen LogP contribution < -0.4 is 10.1 Å². The fourth-order valence-electron chi connectivity index (χ4n) is 2.68. The fraction of sp³-hybridized carbons (Fsp3) is 0.556. The summed E-state index contributed by atoms with van der Waals surface area (Å²) in [6.45, 7) is 7.11. The number of amides is 1. The lowest BCUT2D eigenvalue weighted by Gasteiger charge is -2.34. The second-order valence-electron chi connectivity index (χ2n) is 5.94. The molecular weight excluding hydrogens is 292 g/mol. The fourth-order valence-corrected chi connectivity index (χ4v) is 2.68. The molecule has 1 aromatic rings. The Hall–Kier alpha value is -1.88. The van der Waals surface area contributed by atoms with Crippen LogP contribution in [0.3, 0.4) is 0 Å². The van der Waals surface area contributed by atoms with Gasteiger partial charge in [0.2, 0.25) is 5.91 Å². The third-order valence-electron chi connectivity index (χ3n) is 4.04. The van der Waals surface area contributed by atoms with Crippen molar-refractivity contribution in [3.63, 3.8) is 0 Å². The SMILES string of the molecule is CCCOc1ccc(C(=O)CCC(=O)N2CCNCC2C)cc1. The molecule has 5 heteroatoms. The average molecular weight is 318 g/mol. The number of ether oxygens (including phenoxy) is 1. The summed E-state index contributed by atoms with van der Waals surface area (Å²) in [5.74, 6) is 0.840. The molecule has 2 rings (SSSR count). The Morgan fingerprint density at radius 2 is 2.00 bits per heavy atom. The van der Waals surface area contributed by atoms with Gasteiger partial charge in [0, 0.05) is 44.1 Å². The van der Waals surface area contributed by atoms with E-state index in [1.807, 2.05) is 30.9 Å². The third kappa shape index (κ3) is 5.06. The highest BCUT2D eigenvalue weighted by Crippen LogP contribution is 2.15. The van der Waals surface area contributed by atoms with E-state index in [1.165, 1.54) is 0 Å². The summed E-state index contributed by atoms with van der Waals surface area (Å²) < 4.78 is 5.50. The van der Waals surface area contributed by atoms with Crippen LogP contribution in [0.15, 0.2) is 24.3 Å². The molecule has 1 fully saturated rings. The quantitative estimate of drug-likeness (QED) is 0.784. The number of Topliss-reactive ketones (excluding diaryl/α,β-unsaturated/α-hetero) is 1. The lowest BCUT2D eigenvalue weighted by Crippen LogP contribution is -2.52. The van der Waals surface area contributed by atoms with Gasteiger partial charge in [-0.15, -0.1) is 0 Å². The summed E-state index contributed by atoms with van der Waals surface area (Å²) in [5.41, 5.74) is 0.634. The molecule has 0 radical (unpaired) electrons. The van der Waals surface area contributed by atoms with Crippen molar-refractivity contribution >= 4 is 11.7 Å². The molecule has 0 bridgehead atoms. The van der Waals surface area contributed by atoms with Crippen LogP contribution in [0.2, 0.25) is 0 Å². The molecule has 23 heavy (non-hydrogen) atoms. The van der Waals surface area contributed by atoms with Crippen molar-refractivity contribution < 1.29 is 14.3 Å². The molecule has 5 nitrogen and oxygen atoms in total. The molecule has 0 saturated carbocycles. The number of hydrogen-bond donors (Lipinski definition) is 1. The van der Waals surface area contributed by atoms with Crippen molar-refractivity contribution in [1.29, 1.82) is 0 Å². The Bertz CT molecular complexity index is 528. The Morgan fingerprint density at radius 3 is 2.65 bits per heavy atom. The lowest BCUT2D eigenvalue weighted by molar-refractivity contribution is -0.133. The van der Waals surface area contributed by atoms with E-state index in [4.69, 9.17) is 4.74 Å². The van der Waals surface area contributed by atoms with Crippen molar-refractivity contribution in [3.8, 4) is 5.75 Å². The summed E-state index contributed by atoms with van der Waals surface area (Å²) >= 11 is 0. The molecule has 1 saturated heterocycles. The lowest BCUT2D eigenvalue weighted by atomic mass is 10.1. The second kappa shape index (κ2) is 8.67. The minimum absolute atomic E-state index is 0.00294. The molecule has 1 aliphatic rings. The van der Waals surface area contributed by atoms with Crippen LogP contribution in [0.25, 0.3) is 0 Å². The molecule has 1 amide bonds. The van der Waals surface area contributed by atoms with Crippen LogP contribution in [0.5, 0.6) is 5.75 Å². The molecule has 1 aliphatic heterocycles. The molecule has 1 unspecified atom stereocenters. The number of carbonyl (C=O) groups is 2. The molecule has 1 heterocycles. The number of benzene rings is 1. The van der Waals surface area contributed by atoms with Gasteiger partial charge in [-0.1, -0.05) is 6.92 Å². The van der Waals surface area contributed by atoms with E-state index in [9.17, 15) is 9.59 Å². The normalized spacial score (nSPS) is 17.8. The van der Waals surface area contributed by atoms with Gasteiger partial charge in [-0.05, 0) is 37.6 Å². The van der Waals surface area contributed by atoms with Crippen LogP contribution in [-0.2, 0) is 4.79 Å². The molecule has 0 spiro atoms. The summed E-state index contributed by atoms with van der Waals surface area (Å²) in [4.78, 5) is 26.3. The zero-order valence-corrected chi connectivity index (χ0v) is 14.0. The maximum Gasteiger partial charge on any atom is 0.223 e. The highest BCUT2D eigenvalue weighted by molar-refractivity contribution is 5.98. The minimum atomic E-state index is 0.00294. The van der Waals surface area contributed by atoms with E-state index in [0.717, 1.165) is 31.8 Å². The van der Waals surface area contributed by atoms with E-state index in [-0.39, 0.29) is 30.6 Å². The van der Waals surface area contributed by atoms with Crippen LogP contribution >= 0.6 is 0 Å². The van der Waals surface area contributed by atoms with Gasteiger partial charge in [-0.2, -0.15) is 0 Å². The molecular formula is C18H26N2O3. The van der Waals surface area contributed by atoms with E-state index in [0.29, 0.717) is 12.2 Å². The Morgan fingerprint density at radius 1 is 1.26 bits per heavy atom. The topological polar surface area (TPSA) is 58.6 Å². The highest BCUT2D eigenvalue weighted by Gasteiger charge is 2.23. The van der Waals surface area contributed by atoms with Crippen LogP contribution in [0.1, 0.15) is 43.5 Å². The van der Waals surface area contributed by atoms with E-state index < -0.39 is 0 Å². The van der Waals surface area contributed by atoms with Crippen molar-refractivity contribution in [2.75, 3.05) is 26.2 Å². The monoisotopic (exact) mass is 318 g/mol. The third-order valence-corrected chi connectivity index (χ3v) is 4.04. The predicted molar refractivity (Wildman–Crippen MR) is 89.8 cm³/mol. The Balaban J connectivity index is 1.83. The van der Waals surface area contributed by atoms with Crippen molar-refractivity contribution in [2.24, 2.45) is 0 Å². The smallest absolute Gasteiger partial charge is 0.223 e. The summed E-state index contributed by atoms with van der Waals surface area (Å²) in [6.07, 6.45) is 1.48. The van der Waals surface area contributed by atoms with Crippen LogP contribution in [-0.4, -0.2) is 48.9 Å². The van der Waals surface area contributed by atoms with Gasteiger partial charge >= 0.3 is 0 Å².